The predicted octanol–water partition coefficient (Wildman–Crippen LogP) is 3.63. The third-order valence-electron chi connectivity index (χ3n) is 3.11. The molecule has 0 radical (unpaired) electrons. The van der Waals surface area contributed by atoms with Crippen molar-refractivity contribution in [3.05, 3.63) is 63.1 Å². The molecule has 2 aromatic rings. The van der Waals surface area contributed by atoms with E-state index in [0.29, 0.717) is 5.75 Å². The van der Waals surface area contributed by atoms with E-state index in [-0.39, 0.29) is 27.7 Å². The van der Waals surface area contributed by atoms with E-state index >= 15 is 0 Å². The molecule has 0 saturated heterocycles. The highest BCUT2D eigenvalue weighted by molar-refractivity contribution is 6.39. The van der Waals surface area contributed by atoms with Gasteiger partial charge in [0.1, 0.15) is 5.75 Å². The molecule has 0 unspecified atom stereocenters. The molecule has 2 aromatic carbocycles. The van der Waals surface area contributed by atoms with Gasteiger partial charge in [0, 0.05) is 12.1 Å². The van der Waals surface area contributed by atoms with Crippen LogP contribution in [0.3, 0.4) is 0 Å². The summed E-state index contributed by atoms with van der Waals surface area (Å²) in [5, 5.41) is 11.5. The molecule has 5 nitrogen and oxygen atoms in total. The van der Waals surface area contributed by atoms with E-state index in [1.165, 1.54) is 12.1 Å². The smallest absolute Gasteiger partial charge is 0.338 e. The lowest BCUT2D eigenvalue weighted by Gasteiger charge is -2.09. The fourth-order valence-electron chi connectivity index (χ4n) is 1.98. The number of halogens is 2. The molecule has 0 aliphatic carbocycles. The summed E-state index contributed by atoms with van der Waals surface area (Å²) in [6.07, 6.45) is 0. The van der Waals surface area contributed by atoms with Crippen molar-refractivity contribution in [2.45, 2.75) is 6.54 Å². The number of rotatable bonds is 5. The molecule has 0 spiro atoms. The summed E-state index contributed by atoms with van der Waals surface area (Å²) in [5.41, 5.74) is 0.822. The summed E-state index contributed by atoms with van der Waals surface area (Å²) in [4.78, 5) is 23.2. The van der Waals surface area contributed by atoms with E-state index in [1.54, 1.807) is 19.2 Å². The van der Waals surface area contributed by atoms with Gasteiger partial charge in [-0.15, -0.1) is 0 Å². The first-order chi connectivity index (χ1) is 10.9. The summed E-state index contributed by atoms with van der Waals surface area (Å²) < 4.78 is 5.11. The normalized spacial score (nSPS) is 10.2. The Kier molecular flexibility index (Phi) is 5.47. The minimum absolute atomic E-state index is 0.0865. The lowest BCUT2D eigenvalue weighted by Crippen LogP contribution is -2.23. The van der Waals surface area contributed by atoms with Crippen LogP contribution in [0.5, 0.6) is 5.75 Å². The van der Waals surface area contributed by atoms with Crippen LogP contribution in [0.25, 0.3) is 0 Å². The number of carboxylic acids is 1. The Morgan fingerprint density at radius 3 is 2.39 bits per heavy atom. The van der Waals surface area contributed by atoms with Crippen molar-refractivity contribution in [3.63, 3.8) is 0 Å². The fourth-order valence-corrected chi connectivity index (χ4v) is 2.62. The molecular formula is C16H13Cl2NO4. The first-order valence-corrected chi connectivity index (χ1v) is 7.31. The van der Waals surface area contributed by atoms with Gasteiger partial charge in [-0.3, -0.25) is 4.79 Å². The highest BCUT2D eigenvalue weighted by Crippen LogP contribution is 2.26. The van der Waals surface area contributed by atoms with Crippen LogP contribution >= 0.6 is 23.2 Å². The number of benzene rings is 2. The summed E-state index contributed by atoms with van der Waals surface area (Å²) >= 11 is 11.7. The molecule has 0 aromatic heterocycles. The van der Waals surface area contributed by atoms with E-state index in [2.05, 4.69) is 5.32 Å². The quantitative estimate of drug-likeness (QED) is 0.860. The maximum Gasteiger partial charge on any atom is 0.338 e. The molecule has 2 rings (SSSR count). The van der Waals surface area contributed by atoms with Crippen LogP contribution in [-0.4, -0.2) is 24.1 Å². The van der Waals surface area contributed by atoms with Gasteiger partial charge in [-0.25, -0.2) is 4.79 Å². The van der Waals surface area contributed by atoms with Crippen molar-refractivity contribution in [2.24, 2.45) is 0 Å². The Morgan fingerprint density at radius 1 is 1.17 bits per heavy atom. The number of amides is 1. The van der Waals surface area contributed by atoms with Gasteiger partial charge in [0.15, 0.2) is 0 Å². The second-order valence-corrected chi connectivity index (χ2v) is 5.47. The number of methoxy groups -OCH3 is 1. The maximum absolute atomic E-state index is 12.2. The van der Waals surface area contributed by atoms with Crippen molar-refractivity contribution in [3.8, 4) is 5.75 Å². The largest absolute Gasteiger partial charge is 0.497 e. The third-order valence-corrected chi connectivity index (χ3v) is 3.70. The molecule has 0 atom stereocenters. The average molecular weight is 354 g/mol. The van der Waals surface area contributed by atoms with Crippen LogP contribution in [0.2, 0.25) is 10.0 Å². The van der Waals surface area contributed by atoms with Crippen LogP contribution in [-0.2, 0) is 6.54 Å². The Balaban J connectivity index is 2.13. The Morgan fingerprint density at radius 2 is 1.83 bits per heavy atom. The SMILES string of the molecule is COc1cccc(CNC(=O)c2cc(Cl)c(C(=O)O)c(Cl)c2)c1. The number of ether oxygens (including phenoxy) is 1. The molecule has 0 fully saturated rings. The lowest BCUT2D eigenvalue weighted by atomic mass is 10.1. The molecule has 0 bridgehead atoms. The van der Waals surface area contributed by atoms with Gasteiger partial charge in [0.25, 0.3) is 5.91 Å². The van der Waals surface area contributed by atoms with Crippen molar-refractivity contribution < 1.29 is 19.4 Å². The summed E-state index contributed by atoms with van der Waals surface area (Å²) in [6, 6.07) is 9.81. The minimum Gasteiger partial charge on any atom is -0.497 e. The van der Waals surface area contributed by atoms with Crippen molar-refractivity contribution >= 4 is 35.1 Å². The number of aromatic carboxylic acids is 1. The zero-order valence-corrected chi connectivity index (χ0v) is 13.6. The van der Waals surface area contributed by atoms with Gasteiger partial charge in [-0.2, -0.15) is 0 Å². The van der Waals surface area contributed by atoms with Crippen LogP contribution in [0.1, 0.15) is 26.3 Å². The number of hydrogen-bond donors (Lipinski definition) is 2. The molecule has 23 heavy (non-hydrogen) atoms. The molecule has 0 saturated carbocycles. The van der Waals surface area contributed by atoms with Gasteiger partial charge >= 0.3 is 5.97 Å². The highest BCUT2D eigenvalue weighted by atomic mass is 35.5. The van der Waals surface area contributed by atoms with E-state index in [9.17, 15) is 9.59 Å². The molecular weight excluding hydrogens is 341 g/mol. The van der Waals surface area contributed by atoms with E-state index in [4.69, 9.17) is 33.0 Å². The zero-order chi connectivity index (χ0) is 17.0. The van der Waals surface area contributed by atoms with Crippen LogP contribution in [0.4, 0.5) is 0 Å². The second-order valence-electron chi connectivity index (χ2n) is 4.65. The molecule has 1 amide bonds. The topological polar surface area (TPSA) is 75.6 Å². The monoisotopic (exact) mass is 353 g/mol. The second kappa shape index (κ2) is 7.35. The van der Waals surface area contributed by atoms with E-state index in [1.807, 2.05) is 12.1 Å². The number of nitrogens with one attached hydrogen (secondary N) is 1. The van der Waals surface area contributed by atoms with E-state index < -0.39 is 11.9 Å². The van der Waals surface area contributed by atoms with Gasteiger partial charge < -0.3 is 15.2 Å². The van der Waals surface area contributed by atoms with Gasteiger partial charge in [-0.1, -0.05) is 35.3 Å². The third kappa shape index (κ3) is 4.15. The molecule has 0 aliphatic rings. The minimum atomic E-state index is -1.25. The maximum atomic E-state index is 12.2. The first kappa shape index (κ1) is 17.1. The van der Waals surface area contributed by atoms with Gasteiger partial charge in [0.2, 0.25) is 0 Å². The molecule has 0 aliphatic heterocycles. The van der Waals surface area contributed by atoms with Crippen molar-refractivity contribution in [1.82, 2.24) is 5.32 Å². The molecule has 7 heteroatoms. The Labute approximate surface area is 142 Å². The summed E-state index contributed by atoms with van der Waals surface area (Å²) in [7, 11) is 1.56. The Hall–Kier alpha value is -2.24. The van der Waals surface area contributed by atoms with Crippen molar-refractivity contribution in [1.29, 1.82) is 0 Å². The fraction of sp³-hybridized carbons (Fsp3) is 0.125. The van der Waals surface area contributed by atoms with Gasteiger partial charge in [0.05, 0.1) is 22.7 Å². The lowest BCUT2D eigenvalue weighted by molar-refractivity contribution is 0.0696. The molecule has 0 heterocycles. The van der Waals surface area contributed by atoms with Crippen molar-refractivity contribution in [2.75, 3.05) is 7.11 Å². The molecule has 120 valence electrons. The summed E-state index contributed by atoms with van der Waals surface area (Å²) in [6.45, 7) is 0.284. The predicted molar refractivity (Wildman–Crippen MR) is 87.6 cm³/mol. The van der Waals surface area contributed by atoms with Crippen LogP contribution in [0.15, 0.2) is 36.4 Å². The van der Waals surface area contributed by atoms with Crippen LogP contribution < -0.4 is 10.1 Å². The van der Waals surface area contributed by atoms with E-state index in [0.717, 1.165) is 5.56 Å². The average Bonchev–Trinajstić information content (AvgIpc) is 2.51. The number of carbonyl (C=O) groups excluding carboxylic acids is 1. The summed E-state index contributed by atoms with van der Waals surface area (Å²) in [5.74, 6) is -0.967. The number of carboxylic acid groups (broad SMARTS) is 1. The number of carbonyl (C=O) groups is 2. The first-order valence-electron chi connectivity index (χ1n) is 6.56. The van der Waals surface area contributed by atoms with Gasteiger partial charge in [-0.05, 0) is 29.8 Å². The zero-order valence-electron chi connectivity index (χ0n) is 12.1. The Bertz CT molecular complexity index is 738. The molecule has 2 N–H and O–H groups in total. The standard InChI is InChI=1S/C16H13Cl2NO4/c1-23-11-4-2-3-9(5-11)8-19-15(20)10-6-12(17)14(16(21)22)13(18)7-10/h2-7H,8H2,1H3,(H,19,20)(H,21,22). The highest BCUT2D eigenvalue weighted by Gasteiger charge is 2.17. The number of hydrogen-bond acceptors (Lipinski definition) is 3. The van der Waals surface area contributed by atoms with Crippen LogP contribution in [0, 0.1) is 0 Å².